The predicted molar refractivity (Wildman–Crippen MR) is 109 cm³/mol. The Balaban J connectivity index is 2.05. The molecule has 1 aliphatic rings. The minimum absolute atomic E-state index is 0.132. The van der Waals surface area contributed by atoms with Crippen LogP contribution in [0.25, 0.3) is 11.3 Å². The van der Waals surface area contributed by atoms with Crippen molar-refractivity contribution in [3.63, 3.8) is 0 Å². The van der Waals surface area contributed by atoms with Gasteiger partial charge >= 0.3 is 0 Å². The molecule has 8 heteroatoms. The summed E-state index contributed by atoms with van der Waals surface area (Å²) >= 11 is 0. The number of methoxy groups -OCH3 is 2. The quantitative estimate of drug-likeness (QED) is 0.788. The number of aromatic nitrogens is 2. The molecule has 1 aromatic heterocycles. The maximum atomic E-state index is 11.3. The number of nitrogens with zero attached hydrogens (tertiary/aromatic N) is 3. The highest BCUT2D eigenvalue weighted by molar-refractivity contribution is 5.76. The molecule has 0 saturated carbocycles. The van der Waals surface area contributed by atoms with Crippen LogP contribution < -0.4 is 20.5 Å². The summed E-state index contributed by atoms with van der Waals surface area (Å²) in [4.78, 5) is 18.2. The average Bonchev–Trinajstić information content (AvgIpc) is 2.96. The van der Waals surface area contributed by atoms with Gasteiger partial charge in [0.05, 0.1) is 27.3 Å². The number of primary amides is 1. The number of carbonyl (C=O) groups is 1. The van der Waals surface area contributed by atoms with E-state index >= 15 is 0 Å². The second kappa shape index (κ2) is 7.71. The molecule has 0 bridgehead atoms. The molecule has 28 heavy (non-hydrogen) atoms. The van der Waals surface area contributed by atoms with E-state index in [0.29, 0.717) is 18.0 Å². The maximum absolute atomic E-state index is 11.3. The molecule has 0 aliphatic carbocycles. The second-order valence-electron chi connectivity index (χ2n) is 8.00. The highest BCUT2D eigenvalue weighted by Gasteiger charge is 2.27. The fraction of sp³-hybridized carbons (Fsp3) is 0.500. The van der Waals surface area contributed by atoms with Crippen LogP contribution in [0.3, 0.4) is 0 Å². The van der Waals surface area contributed by atoms with Gasteiger partial charge in [-0.15, -0.1) is 0 Å². The molecule has 0 unspecified atom stereocenters. The zero-order chi connectivity index (χ0) is 20.5. The van der Waals surface area contributed by atoms with Crippen molar-refractivity contribution >= 4 is 11.7 Å². The summed E-state index contributed by atoms with van der Waals surface area (Å²) < 4.78 is 13.0. The molecule has 0 radical (unpaired) electrons. The smallest absolute Gasteiger partial charge is 0.231 e. The summed E-state index contributed by atoms with van der Waals surface area (Å²) in [7, 11) is 3.24. The second-order valence-corrected chi connectivity index (χ2v) is 8.00. The summed E-state index contributed by atoms with van der Waals surface area (Å²) in [6.07, 6.45) is 0. The zero-order valence-electron chi connectivity index (χ0n) is 17.2. The number of hydrogen-bond acceptors (Lipinski definition) is 6. The molecule has 152 valence electrons. The van der Waals surface area contributed by atoms with E-state index < -0.39 is 0 Å². The lowest BCUT2D eigenvalue weighted by molar-refractivity contribution is -0.119. The number of fused-ring (bicyclic) bond motifs is 1. The number of rotatable bonds is 6. The average molecular weight is 387 g/mol. The topological polar surface area (TPSA) is 94.6 Å². The number of anilines is 1. The molecular formula is C20H29N5O3. The van der Waals surface area contributed by atoms with Crippen molar-refractivity contribution in [1.29, 1.82) is 0 Å². The van der Waals surface area contributed by atoms with E-state index in [2.05, 4.69) is 30.7 Å². The van der Waals surface area contributed by atoms with E-state index in [1.54, 1.807) is 14.2 Å². The molecule has 1 aliphatic heterocycles. The van der Waals surface area contributed by atoms with E-state index in [1.807, 2.05) is 23.1 Å². The molecule has 3 N–H and O–H groups in total. The van der Waals surface area contributed by atoms with Gasteiger partial charge in [0.2, 0.25) is 5.91 Å². The maximum Gasteiger partial charge on any atom is 0.231 e. The van der Waals surface area contributed by atoms with E-state index in [9.17, 15) is 4.79 Å². The van der Waals surface area contributed by atoms with Crippen LogP contribution in [0.4, 0.5) is 5.82 Å². The number of nitrogens with one attached hydrogen (secondary N) is 1. The number of nitrogens with two attached hydrogens (primary N) is 1. The van der Waals surface area contributed by atoms with Crippen LogP contribution >= 0.6 is 0 Å². The first-order valence-electron chi connectivity index (χ1n) is 9.32. The number of carbonyl (C=O) groups excluding carboxylic acids is 1. The molecule has 2 aromatic rings. The number of hydrogen-bond donors (Lipinski definition) is 2. The van der Waals surface area contributed by atoms with Crippen molar-refractivity contribution in [1.82, 2.24) is 14.5 Å². The number of ether oxygens (including phenoxy) is 2. The van der Waals surface area contributed by atoms with Crippen LogP contribution in [0.2, 0.25) is 0 Å². The third-order valence-corrected chi connectivity index (χ3v) is 4.58. The van der Waals surface area contributed by atoms with Crippen LogP contribution in [0.15, 0.2) is 18.2 Å². The first kappa shape index (κ1) is 20.0. The van der Waals surface area contributed by atoms with Crippen molar-refractivity contribution in [3.05, 3.63) is 24.0 Å². The monoisotopic (exact) mass is 387 g/mol. The Morgan fingerprint density at radius 3 is 2.54 bits per heavy atom. The van der Waals surface area contributed by atoms with Crippen LogP contribution in [0, 0.1) is 0 Å². The summed E-state index contributed by atoms with van der Waals surface area (Å²) in [5.74, 6) is 2.88. The molecule has 0 atom stereocenters. The SMILES string of the molecule is COc1ccc(-c2nc3n(c2NC(C)(C)C)CCN(CC(N)=O)C3)cc1OC. The lowest BCUT2D eigenvalue weighted by Crippen LogP contribution is -2.40. The molecular weight excluding hydrogens is 358 g/mol. The van der Waals surface area contributed by atoms with Gasteiger partial charge in [-0.3, -0.25) is 9.69 Å². The lowest BCUT2D eigenvalue weighted by atomic mass is 10.1. The van der Waals surface area contributed by atoms with Crippen LogP contribution in [-0.2, 0) is 17.9 Å². The summed E-state index contributed by atoms with van der Waals surface area (Å²) in [6.45, 7) is 8.65. The minimum atomic E-state index is -0.326. The third kappa shape index (κ3) is 4.22. The Hall–Kier alpha value is -2.74. The van der Waals surface area contributed by atoms with E-state index in [-0.39, 0.29) is 18.0 Å². The normalized spacial score (nSPS) is 14.5. The van der Waals surface area contributed by atoms with Crippen LogP contribution in [0.1, 0.15) is 26.6 Å². The summed E-state index contributed by atoms with van der Waals surface area (Å²) in [5, 5.41) is 3.60. The van der Waals surface area contributed by atoms with E-state index in [1.165, 1.54) is 0 Å². The van der Waals surface area contributed by atoms with Crippen molar-refractivity contribution in [3.8, 4) is 22.8 Å². The van der Waals surface area contributed by atoms with Crippen molar-refractivity contribution in [2.24, 2.45) is 5.73 Å². The largest absolute Gasteiger partial charge is 0.493 e. The Labute approximate surface area is 165 Å². The first-order valence-corrected chi connectivity index (χ1v) is 9.32. The standard InChI is InChI=1S/C20H29N5O3/c1-20(2,3)23-19-18(13-6-7-14(27-4)15(10-13)28-5)22-17-12-24(11-16(21)26)8-9-25(17)19/h6-7,10,23H,8-9,11-12H2,1-5H3,(H2,21,26). The van der Waals surface area contributed by atoms with Gasteiger partial charge in [-0.05, 0) is 39.0 Å². The summed E-state index contributed by atoms with van der Waals surface area (Å²) in [6, 6.07) is 5.79. The predicted octanol–water partition coefficient (Wildman–Crippen LogP) is 2.08. The van der Waals surface area contributed by atoms with Gasteiger partial charge in [0.1, 0.15) is 17.3 Å². The van der Waals surface area contributed by atoms with Gasteiger partial charge in [-0.25, -0.2) is 4.98 Å². The van der Waals surface area contributed by atoms with Crippen molar-refractivity contribution in [2.45, 2.75) is 39.4 Å². The van der Waals surface area contributed by atoms with Gasteiger partial charge in [0, 0.05) is 24.2 Å². The fourth-order valence-corrected chi connectivity index (χ4v) is 3.40. The molecule has 1 aromatic carbocycles. The Morgan fingerprint density at radius 1 is 1.21 bits per heavy atom. The summed E-state index contributed by atoms with van der Waals surface area (Å²) in [5.41, 5.74) is 7.02. The lowest BCUT2D eigenvalue weighted by Gasteiger charge is -2.29. The molecule has 0 saturated heterocycles. The number of imidazole rings is 1. The van der Waals surface area contributed by atoms with Gasteiger partial charge < -0.3 is 25.1 Å². The Morgan fingerprint density at radius 2 is 1.93 bits per heavy atom. The number of benzene rings is 1. The van der Waals surface area contributed by atoms with Gasteiger partial charge in [-0.2, -0.15) is 0 Å². The van der Waals surface area contributed by atoms with E-state index in [4.69, 9.17) is 20.2 Å². The van der Waals surface area contributed by atoms with Gasteiger partial charge in [-0.1, -0.05) is 0 Å². The van der Waals surface area contributed by atoms with Gasteiger partial charge in [0.25, 0.3) is 0 Å². The van der Waals surface area contributed by atoms with Crippen molar-refractivity contribution < 1.29 is 14.3 Å². The molecule has 0 spiro atoms. The van der Waals surface area contributed by atoms with Crippen LogP contribution in [0.5, 0.6) is 11.5 Å². The molecule has 3 rings (SSSR count). The van der Waals surface area contributed by atoms with Crippen molar-refractivity contribution in [2.75, 3.05) is 32.6 Å². The Kier molecular flexibility index (Phi) is 5.51. The molecule has 2 heterocycles. The molecule has 8 nitrogen and oxygen atoms in total. The first-order chi connectivity index (χ1) is 13.2. The zero-order valence-corrected chi connectivity index (χ0v) is 17.2. The minimum Gasteiger partial charge on any atom is -0.493 e. The van der Waals surface area contributed by atoms with E-state index in [0.717, 1.165) is 36.0 Å². The highest BCUT2D eigenvalue weighted by Crippen LogP contribution is 2.37. The number of amides is 1. The molecule has 0 fully saturated rings. The third-order valence-electron chi connectivity index (χ3n) is 4.58. The Bertz CT molecular complexity index is 869. The molecule has 1 amide bonds. The van der Waals surface area contributed by atoms with Gasteiger partial charge in [0.15, 0.2) is 11.5 Å². The van der Waals surface area contributed by atoms with Crippen LogP contribution in [-0.4, -0.2) is 53.2 Å². The fourth-order valence-electron chi connectivity index (χ4n) is 3.40. The highest BCUT2D eigenvalue weighted by atomic mass is 16.5.